The van der Waals surface area contributed by atoms with Gasteiger partial charge >= 0.3 is 0 Å². The zero-order valence-electron chi connectivity index (χ0n) is 18.5. The molecule has 0 radical (unpaired) electrons. The monoisotopic (exact) mass is 446 g/mol. The third-order valence-electron chi connectivity index (χ3n) is 6.87. The van der Waals surface area contributed by atoms with Gasteiger partial charge in [-0.2, -0.15) is 4.72 Å². The van der Waals surface area contributed by atoms with Gasteiger partial charge in [-0.15, -0.1) is 4.31 Å². The van der Waals surface area contributed by atoms with Crippen molar-refractivity contribution in [1.82, 2.24) is 4.31 Å². The first-order valence-electron chi connectivity index (χ1n) is 11.5. The molecule has 0 aromatic heterocycles. The Morgan fingerprint density at radius 2 is 1.53 bits per heavy atom. The topological polar surface area (TPSA) is 47.6 Å². The first kappa shape index (κ1) is 21.4. The Kier molecular flexibility index (Phi) is 6.39. The van der Waals surface area contributed by atoms with Gasteiger partial charge in [0, 0.05) is 12.5 Å². The predicted octanol–water partition coefficient (Wildman–Crippen LogP) is 5.33. The minimum absolute atomic E-state index is 0.352. The Balaban J connectivity index is 1.39. The van der Waals surface area contributed by atoms with Crippen LogP contribution in [0.3, 0.4) is 0 Å². The molecular weight excluding hydrogens is 416 g/mol. The van der Waals surface area contributed by atoms with Crippen molar-refractivity contribution in [3.63, 3.8) is 0 Å². The highest BCUT2D eigenvalue weighted by Crippen LogP contribution is 2.42. The summed E-state index contributed by atoms with van der Waals surface area (Å²) in [6.07, 6.45) is 4.39. The van der Waals surface area contributed by atoms with Crippen LogP contribution in [0.4, 0.5) is 5.69 Å². The zero-order valence-corrected chi connectivity index (χ0v) is 19.3. The van der Waals surface area contributed by atoms with E-state index in [0.29, 0.717) is 11.8 Å². The van der Waals surface area contributed by atoms with Crippen molar-refractivity contribution in [3.8, 4) is 5.75 Å². The number of nitrogens with zero attached hydrogens (tertiary/aromatic N) is 1. The molecule has 5 rings (SSSR count). The van der Waals surface area contributed by atoms with E-state index in [-0.39, 0.29) is 0 Å². The average Bonchev–Trinajstić information content (AvgIpc) is 3.01. The lowest BCUT2D eigenvalue weighted by molar-refractivity contribution is 0.249. The van der Waals surface area contributed by atoms with Gasteiger partial charge in [-0.3, -0.25) is 0 Å². The van der Waals surface area contributed by atoms with E-state index < -0.39 is 11.5 Å². The summed E-state index contributed by atoms with van der Waals surface area (Å²) in [6, 6.07) is 25.5. The number of hydrogen-bond donors (Lipinski definition) is 1. The third kappa shape index (κ3) is 4.38. The number of methoxy groups -OCH3 is 1. The van der Waals surface area contributed by atoms with Gasteiger partial charge < -0.3 is 9.29 Å². The number of benzene rings is 3. The van der Waals surface area contributed by atoms with Crippen LogP contribution in [0, 0.1) is 5.92 Å². The van der Waals surface area contributed by atoms with Crippen LogP contribution in [0.15, 0.2) is 72.8 Å². The van der Waals surface area contributed by atoms with Crippen LogP contribution < -0.4 is 9.46 Å². The van der Waals surface area contributed by atoms with Crippen molar-refractivity contribution in [3.05, 3.63) is 95.1 Å². The highest BCUT2D eigenvalue weighted by molar-refractivity contribution is 7.90. The molecule has 1 heterocycles. The minimum atomic E-state index is -1.27. The summed E-state index contributed by atoms with van der Waals surface area (Å²) in [7, 11) is 1.65. The second-order valence-electron chi connectivity index (χ2n) is 8.75. The average molecular weight is 447 g/mol. The first-order chi connectivity index (χ1) is 15.7. The van der Waals surface area contributed by atoms with Gasteiger partial charge in [-0.25, -0.2) is 0 Å². The summed E-state index contributed by atoms with van der Waals surface area (Å²) in [5.41, 5.74) is 6.68. The summed E-state index contributed by atoms with van der Waals surface area (Å²) in [4.78, 5) is 0. The van der Waals surface area contributed by atoms with Crippen molar-refractivity contribution in [2.75, 3.05) is 24.9 Å². The number of fused-ring (bicyclic) bond motifs is 2. The van der Waals surface area contributed by atoms with Gasteiger partial charge in [0.2, 0.25) is 0 Å². The van der Waals surface area contributed by atoms with Gasteiger partial charge in [-0.05, 0) is 78.1 Å². The molecule has 2 unspecified atom stereocenters. The van der Waals surface area contributed by atoms with Crippen LogP contribution in [0.2, 0.25) is 0 Å². The number of piperidine rings is 1. The van der Waals surface area contributed by atoms with Gasteiger partial charge in [0.05, 0.1) is 19.3 Å². The number of ether oxygens (including phenoxy) is 1. The summed E-state index contributed by atoms with van der Waals surface area (Å²) < 4.78 is 23.7. The van der Waals surface area contributed by atoms with E-state index in [9.17, 15) is 4.55 Å². The molecule has 0 saturated carbocycles. The van der Waals surface area contributed by atoms with E-state index in [4.69, 9.17) is 4.74 Å². The molecule has 0 bridgehead atoms. The SMILES string of the molecule is COc1ccc(N[S+]([O-])N2CCCC(C3c4ccccc4CCc4ccccc43)C2)cc1. The number of aryl methyl sites for hydroxylation is 2. The summed E-state index contributed by atoms with van der Waals surface area (Å²) >= 11 is -1.27. The fourth-order valence-electron chi connectivity index (χ4n) is 5.30. The molecule has 1 N–H and O–H groups in total. The first-order valence-corrected chi connectivity index (χ1v) is 12.6. The molecule has 1 saturated heterocycles. The lowest BCUT2D eigenvalue weighted by atomic mass is 9.76. The molecule has 0 amide bonds. The fraction of sp³-hybridized carbons (Fsp3) is 0.333. The van der Waals surface area contributed by atoms with Crippen molar-refractivity contribution in [2.45, 2.75) is 31.6 Å². The lowest BCUT2D eigenvalue weighted by Crippen LogP contribution is -2.44. The standard InChI is InChI=1S/C27H30N2O2S/c1-31-24-16-14-23(15-17-24)28-32(30)29-18-6-9-22(19-29)27-25-10-4-2-7-20(25)12-13-21-8-3-5-11-26(21)27/h2-5,7-8,10-11,14-17,22,27-28H,6,9,12-13,18-19H2,1H3. The molecule has 2 atom stereocenters. The number of anilines is 1. The lowest BCUT2D eigenvalue weighted by Gasteiger charge is -2.37. The molecule has 2 aliphatic rings. The minimum Gasteiger partial charge on any atom is -0.573 e. The van der Waals surface area contributed by atoms with E-state index in [1.165, 1.54) is 22.3 Å². The number of hydrogen-bond acceptors (Lipinski definition) is 4. The molecule has 32 heavy (non-hydrogen) atoms. The van der Waals surface area contributed by atoms with Crippen molar-refractivity contribution < 1.29 is 9.29 Å². The Morgan fingerprint density at radius 1 is 0.906 bits per heavy atom. The number of nitrogens with one attached hydrogen (secondary N) is 1. The molecule has 3 aromatic carbocycles. The van der Waals surface area contributed by atoms with E-state index in [2.05, 4.69) is 57.6 Å². The van der Waals surface area contributed by atoms with Crippen LogP contribution in [-0.2, 0) is 24.4 Å². The second-order valence-corrected chi connectivity index (χ2v) is 9.96. The van der Waals surface area contributed by atoms with E-state index >= 15 is 0 Å². The van der Waals surface area contributed by atoms with Gasteiger partial charge in [0.15, 0.2) is 11.5 Å². The molecule has 0 spiro atoms. The zero-order chi connectivity index (χ0) is 21.9. The van der Waals surface area contributed by atoms with E-state index in [0.717, 1.165) is 50.2 Å². The smallest absolute Gasteiger partial charge is 0.166 e. The van der Waals surface area contributed by atoms with Crippen molar-refractivity contribution in [1.29, 1.82) is 0 Å². The molecule has 5 heteroatoms. The maximum Gasteiger partial charge on any atom is 0.166 e. The van der Waals surface area contributed by atoms with Gasteiger partial charge in [0.25, 0.3) is 0 Å². The highest BCUT2D eigenvalue weighted by Gasteiger charge is 2.36. The summed E-state index contributed by atoms with van der Waals surface area (Å²) in [5, 5.41) is 0. The Hall–Kier alpha value is -2.47. The van der Waals surface area contributed by atoms with E-state index in [1.54, 1.807) is 7.11 Å². The molecule has 166 valence electrons. The Bertz CT molecular complexity index is 1010. The third-order valence-corrected chi connectivity index (χ3v) is 8.08. The molecule has 1 fully saturated rings. The summed E-state index contributed by atoms with van der Waals surface area (Å²) in [6.45, 7) is 1.67. The second kappa shape index (κ2) is 9.57. The van der Waals surface area contributed by atoms with Crippen molar-refractivity contribution >= 4 is 17.2 Å². The maximum atomic E-state index is 13.2. The van der Waals surface area contributed by atoms with Crippen LogP contribution in [-0.4, -0.2) is 29.1 Å². The fourth-order valence-corrected chi connectivity index (χ4v) is 6.38. The van der Waals surface area contributed by atoms with Crippen LogP contribution in [0.5, 0.6) is 5.75 Å². The largest absolute Gasteiger partial charge is 0.573 e. The van der Waals surface area contributed by atoms with Crippen LogP contribution in [0.25, 0.3) is 0 Å². The molecule has 4 nitrogen and oxygen atoms in total. The molecule has 3 aromatic rings. The van der Waals surface area contributed by atoms with Crippen molar-refractivity contribution in [2.24, 2.45) is 5.92 Å². The van der Waals surface area contributed by atoms with Gasteiger partial charge in [0.1, 0.15) is 5.75 Å². The summed E-state index contributed by atoms with van der Waals surface area (Å²) in [5.74, 6) is 1.58. The number of rotatable bonds is 5. The molecule has 1 aliphatic heterocycles. The maximum absolute atomic E-state index is 13.2. The molecular formula is C27H30N2O2S. The normalized spacial score (nSPS) is 20.0. The van der Waals surface area contributed by atoms with Crippen LogP contribution >= 0.6 is 0 Å². The Labute approximate surface area is 194 Å². The van der Waals surface area contributed by atoms with Crippen LogP contribution in [0.1, 0.15) is 41.0 Å². The predicted molar refractivity (Wildman–Crippen MR) is 131 cm³/mol. The quantitative estimate of drug-likeness (QED) is 0.538. The van der Waals surface area contributed by atoms with E-state index in [1.807, 2.05) is 24.3 Å². The highest BCUT2D eigenvalue weighted by atomic mass is 32.2. The Morgan fingerprint density at radius 3 is 2.16 bits per heavy atom. The molecule has 1 aliphatic carbocycles. The van der Waals surface area contributed by atoms with Gasteiger partial charge in [-0.1, -0.05) is 48.5 Å².